The summed E-state index contributed by atoms with van der Waals surface area (Å²) in [4.78, 5) is 12.9. The Bertz CT molecular complexity index is 942. The van der Waals surface area contributed by atoms with Crippen LogP contribution in [0.3, 0.4) is 0 Å². The normalized spacial score (nSPS) is 17.3. The predicted octanol–water partition coefficient (Wildman–Crippen LogP) is 2.81. The highest BCUT2D eigenvalue weighted by molar-refractivity contribution is 7.89. The molecule has 0 unspecified atom stereocenters. The Kier molecular flexibility index (Phi) is 7.33. The van der Waals surface area contributed by atoms with E-state index in [0.29, 0.717) is 38.3 Å². The molecule has 1 heterocycles. The zero-order valence-electron chi connectivity index (χ0n) is 17.3. The number of hydrogen-bond donors (Lipinski definition) is 1. The second kappa shape index (κ2) is 9.95. The summed E-state index contributed by atoms with van der Waals surface area (Å²) in [5.41, 5.74) is 0.963. The number of amides is 1. The van der Waals surface area contributed by atoms with E-state index in [1.165, 1.54) is 23.5 Å². The number of rotatable bonds is 8. The first kappa shape index (κ1) is 22.1. The Hall–Kier alpha value is -2.58. The maximum Gasteiger partial charge on any atom is 0.243 e. The fourth-order valence-corrected chi connectivity index (χ4v) is 5.00. The molecular formula is C22H28N2O5S. The third-order valence-corrected chi connectivity index (χ3v) is 7.03. The largest absolute Gasteiger partial charge is 0.497 e. The number of carbonyl (C=O) groups is 1. The summed E-state index contributed by atoms with van der Waals surface area (Å²) in [6.07, 6.45) is 1.32. The lowest BCUT2D eigenvalue weighted by molar-refractivity contribution is -0.126. The molecule has 1 saturated heterocycles. The lowest BCUT2D eigenvalue weighted by Gasteiger charge is -2.31. The van der Waals surface area contributed by atoms with Crippen LogP contribution < -0.4 is 14.8 Å². The van der Waals surface area contributed by atoms with Crippen molar-refractivity contribution < 1.29 is 22.7 Å². The van der Waals surface area contributed by atoms with Crippen LogP contribution in [0.4, 0.5) is 0 Å². The van der Waals surface area contributed by atoms with Gasteiger partial charge in [-0.05, 0) is 61.7 Å². The van der Waals surface area contributed by atoms with Crippen molar-refractivity contribution in [2.75, 3.05) is 26.8 Å². The van der Waals surface area contributed by atoms with Gasteiger partial charge in [-0.3, -0.25) is 4.79 Å². The molecule has 2 aromatic rings. The zero-order valence-corrected chi connectivity index (χ0v) is 18.2. The molecule has 2 aromatic carbocycles. The highest BCUT2D eigenvalue weighted by Crippen LogP contribution is 2.25. The molecule has 0 bridgehead atoms. The molecule has 1 fully saturated rings. The number of nitrogens with one attached hydrogen (secondary N) is 1. The van der Waals surface area contributed by atoms with E-state index < -0.39 is 10.0 Å². The number of sulfonamides is 1. The van der Waals surface area contributed by atoms with Crippen molar-refractivity contribution in [2.24, 2.45) is 5.92 Å². The molecule has 0 spiro atoms. The van der Waals surface area contributed by atoms with Gasteiger partial charge >= 0.3 is 0 Å². The third-order valence-electron chi connectivity index (χ3n) is 5.15. The first-order valence-electron chi connectivity index (χ1n) is 10.1. The van der Waals surface area contributed by atoms with E-state index in [0.717, 1.165) is 11.3 Å². The quantitative estimate of drug-likeness (QED) is 0.693. The molecule has 0 saturated carbocycles. The average Bonchev–Trinajstić information content (AvgIpc) is 2.78. The standard InChI is InChI=1S/C22H28N2O5S/c1-3-29-20-8-6-17(7-9-20)15-23-22(25)18-5-4-14-24(16-18)30(26,27)21-12-10-19(28-2)11-13-21/h6-13,18H,3-5,14-16H2,1-2H3,(H,23,25)/t18-/m1/s1. The van der Waals surface area contributed by atoms with E-state index in [4.69, 9.17) is 9.47 Å². The topological polar surface area (TPSA) is 84.9 Å². The fourth-order valence-electron chi connectivity index (χ4n) is 3.48. The van der Waals surface area contributed by atoms with Crippen molar-refractivity contribution >= 4 is 15.9 Å². The Morgan fingerprint density at radius 1 is 1.10 bits per heavy atom. The average molecular weight is 433 g/mol. The van der Waals surface area contributed by atoms with Gasteiger partial charge in [0.15, 0.2) is 0 Å². The maximum absolute atomic E-state index is 13.0. The van der Waals surface area contributed by atoms with Crippen LogP contribution in [0.25, 0.3) is 0 Å². The Morgan fingerprint density at radius 3 is 2.40 bits per heavy atom. The van der Waals surface area contributed by atoms with E-state index >= 15 is 0 Å². The summed E-state index contributed by atoms with van der Waals surface area (Å²) in [6, 6.07) is 13.9. The summed E-state index contributed by atoms with van der Waals surface area (Å²) in [5, 5.41) is 2.93. The van der Waals surface area contributed by atoms with Crippen LogP contribution in [-0.2, 0) is 21.4 Å². The van der Waals surface area contributed by atoms with E-state index in [1.807, 2.05) is 31.2 Å². The molecule has 1 N–H and O–H groups in total. The molecule has 0 aliphatic carbocycles. The molecule has 0 radical (unpaired) electrons. The first-order chi connectivity index (χ1) is 14.4. The molecule has 162 valence electrons. The van der Waals surface area contributed by atoms with Gasteiger partial charge in [-0.15, -0.1) is 0 Å². The van der Waals surface area contributed by atoms with E-state index in [-0.39, 0.29) is 23.3 Å². The zero-order chi connectivity index (χ0) is 21.6. The van der Waals surface area contributed by atoms with E-state index in [9.17, 15) is 13.2 Å². The van der Waals surface area contributed by atoms with Crippen LogP contribution in [0, 0.1) is 5.92 Å². The Labute approximate surface area is 178 Å². The molecule has 1 atom stereocenters. The SMILES string of the molecule is CCOc1ccc(CNC(=O)[C@@H]2CCCN(S(=O)(=O)c3ccc(OC)cc3)C2)cc1. The van der Waals surface area contributed by atoms with Crippen molar-refractivity contribution in [3.8, 4) is 11.5 Å². The number of nitrogens with zero attached hydrogens (tertiary/aromatic N) is 1. The van der Waals surface area contributed by atoms with Gasteiger partial charge in [0.1, 0.15) is 11.5 Å². The van der Waals surface area contributed by atoms with Crippen molar-refractivity contribution in [3.05, 3.63) is 54.1 Å². The van der Waals surface area contributed by atoms with Crippen LogP contribution in [-0.4, -0.2) is 45.4 Å². The second-order valence-electron chi connectivity index (χ2n) is 7.17. The minimum absolute atomic E-state index is 0.126. The highest BCUT2D eigenvalue weighted by atomic mass is 32.2. The monoisotopic (exact) mass is 432 g/mol. The molecule has 30 heavy (non-hydrogen) atoms. The number of benzene rings is 2. The van der Waals surface area contributed by atoms with Crippen molar-refractivity contribution in [1.82, 2.24) is 9.62 Å². The fraction of sp³-hybridized carbons (Fsp3) is 0.409. The summed E-state index contributed by atoms with van der Waals surface area (Å²) < 4.78 is 37.8. The number of methoxy groups -OCH3 is 1. The lowest BCUT2D eigenvalue weighted by atomic mass is 9.99. The van der Waals surface area contributed by atoms with Gasteiger partial charge in [-0.1, -0.05) is 12.1 Å². The Balaban J connectivity index is 1.59. The third kappa shape index (κ3) is 5.31. The van der Waals surface area contributed by atoms with Crippen LogP contribution in [0.2, 0.25) is 0 Å². The molecule has 7 nitrogen and oxygen atoms in total. The van der Waals surface area contributed by atoms with Crippen molar-refractivity contribution in [2.45, 2.75) is 31.2 Å². The number of hydrogen-bond acceptors (Lipinski definition) is 5. The van der Waals surface area contributed by atoms with Crippen LogP contribution >= 0.6 is 0 Å². The van der Waals surface area contributed by atoms with Gasteiger partial charge in [0, 0.05) is 19.6 Å². The minimum Gasteiger partial charge on any atom is -0.497 e. The predicted molar refractivity (Wildman–Crippen MR) is 114 cm³/mol. The van der Waals surface area contributed by atoms with Gasteiger partial charge in [0.25, 0.3) is 0 Å². The smallest absolute Gasteiger partial charge is 0.243 e. The Morgan fingerprint density at radius 2 is 1.77 bits per heavy atom. The van der Waals surface area contributed by atoms with Crippen molar-refractivity contribution in [1.29, 1.82) is 0 Å². The number of carbonyl (C=O) groups excluding carboxylic acids is 1. The first-order valence-corrected chi connectivity index (χ1v) is 11.5. The lowest BCUT2D eigenvalue weighted by Crippen LogP contribution is -2.45. The maximum atomic E-state index is 13.0. The summed E-state index contributed by atoms with van der Waals surface area (Å²) in [5.74, 6) is 0.895. The number of piperidine rings is 1. The molecule has 8 heteroatoms. The van der Waals surface area contributed by atoms with Gasteiger partial charge in [-0.25, -0.2) is 8.42 Å². The summed E-state index contributed by atoms with van der Waals surface area (Å²) in [6.45, 7) is 3.53. The highest BCUT2D eigenvalue weighted by Gasteiger charge is 2.33. The molecular weight excluding hydrogens is 404 g/mol. The summed E-state index contributed by atoms with van der Waals surface area (Å²) >= 11 is 0. The second-order valence-corrected chi connectivity index (χ2v) is 9.11. The van der Waals surface area contributed by atoms with Crippen LogP contribution in [0.5, 0.6) is 11.5 Å². The molecule has 1 aliphatic rings. The van der Waals surface area contributed by atoms with Gasteiger partial charge in [0.05, 0.1) is 24.5 Å². The minimum atomic E-state index is -3.65. The van der Waals surface area contributed by atoms with Gasteiger partial charge in [-0.2, -0.15) is 4.31 Å². The molecule has 3 rings (SSSR count). The molecule has 1 aliphatic heterocycles. The van der Waals surface area contributed by atoms with E-state index in [1.54, 1.807) is 12.1 Å². The molecule has 1 amide bonds. The van der Waals surface area contributed by atoms with Gasteiger partial charge in [0.2, 0.25) is 15.9 Å². The van der Waals surface area contributed by atoms with E-state index in [2.05, 4.69) is 5.32 Å². The van der Waals surface area contributed by atoms with Crippen molar-refractivity contribution in [3.63, 3.8) is 0 Å². The van der Waals surface area contributed by atoms with Crippen LogP contribution in [0.1, 0.15) is 25.3 Å². The van der Waals surface area contributed by atoms with Gasteiger partial charge < -0.3 is 14.8 Å². The molecule has 0 aromatic heterocycles. The van der Waals surface area contributed by atoms with Crippen LogP contribution in [0.15, 0.2) is 53.4 Å². The summed E-state index contributed by atoms with van der Waals surface area (Å²) in [7, 11) is -2.11. The number of ether oxygens (including phenoxy) is 2.